The van der Waals surface area contributed by atoms with Crippen LogP contribution in [0.3, 0.4) is 0 Å². The van der Waals surface area contributed by atoms with Gasteiger partial charge in [0.25, 0.3) is 5.91 Å². The number of anilines is 1. The van der Waals surface area contributed by atoms with Crippen molar-refractivity contribution in [2.75, 3.05) is 19.0 Å². The van der Waals surface area contributed by atoms with E-state index in [1.54, 1.807) is 36.4 Å². The molecule has 0 spiro atoms. The number of nitrogens with one attached hydrogen (secondary N) is 1. The summed E-state index contributed by atoms with van der Waals surface area (Å²) in [5.41, 5.74) is 2.02. The topological polar surface area (TPSA) is 72.0 Å². The number of hydrogen-bond acceptors (Lipinski definition) is 3. The van der Waals surface area contributed by atoms with Crippen molar-refractivity contribution in [2.24, 2.45) is 5.92 Å². The summed E-state index contributed by atoms with van der Waals surface area (Å²) in [5.74, 6) is -0.559. The first-order valence-electron chi connectivity index (χ1n) is 8.47. The lowest BCUT2D eigenvalue weighted by Crippen LogP contribution is -2.88. The number of nitrogens with two attached hydrogens (primary N) is 1. The molecule has 0 radical (unpaired) electrons. The van der Waals surface area contributed by atoms with E-state index in [1.807, 2.05) is 5.32 Å². The van der Waals surface area contributed by atoms with E-state index >= 15 is 0 Å². The minimum atomic E-state index is -0.421. The number of quaternary nitrogens is 1. The zero-order valence-electron chi connectivity index (χ0n) is 15.2. The highest BCUT2D eigenvalue weighted by Gasteiger charge is 2.20. The van der Waals surface area contributed by atoms with Crippen LogP contribution in [0.25, 0.3) is 0 Å². The summed E-state index contributed by atoms with van der Waals surface area (Å²) in [6.07, 6.45) is 0. The second-order valence-corrected chi connectivity index (χ2v) is 6.38. The van der Waals surface area contributed by atoms with Crippen molar-refractivity contribution >= 4 is 17.6 Å². The van der Waals surface area contributed by atoms with Gasteiger partial charge in [-0.05, 0) is 36.4 Å². The van der Waals surface area contributed by atoms with Gasteiger partial charge < -0.3 is 15.4 Å². The van der Waals surface area contributed by atoms with Gasteiger partial charge in [0, 0.05) is 17.2 Å². The number of amides is 1. The van der Waals surface area contributed by atoms with E-state index in [0.29, 0.717) is 11.3 Å². The van der Waals surface area contributed by atoms with E-state index in [2.05, 4.69) is 23.9 Å². The number of esters is 1. The number of hydrogen-bond donors (Lipinski definition) is 2. The Balaban J connectivity index is 1.93. The van der Waals surface area contributed by atoms with Crippen LogP contribution in [-0.4, -0.2) is 25.5 Å². The van der Waals surface area contributed by atoms with Crippen LogP contribution in [0.4, 0.5) is 10.1 Å². The summed E-state index contributed by atoms with van der Waals surface area (Å²) in [6.45, 7) is 4.36. The first-order valence-corrected chi connectivity index (χ1v) is 8.47. The Labute approximate surface area is 152 Å². The van der Waals surface area contributed by atoms with Crippen LogP contribution in [0, 0.1) is 11.7 Å². The molecule has 3 N–H and O–H groups in total. The molecule has 0 bridgehead atoms. The molecule has 138 valence electrons. The smallest absolute Gasteiger partial charge is 0.337 e. The molecule has 6 heteroatoms. The maximum absolute atomic E-state index is 13.1. The monoisotopic (exact) mass is 359 g/mol. The number of methoxy groups -OCH3 is 1. The molecule has 0 aromatic heterocycles. The van der Waals surface area contributed by atoms with E-state index in [-0.39, 0.29) is 30.2 Å². The van der Waals surface area contributed by atoms with Crippen molar-refractivity contribution in [1.82, 2.24) is 0 Å². The van der Waals surface area contributed by atoms with Crippen molar-refractivity contribution in [3.8, 4) is 0 Å². The van der Waals surface area contributed by atoms with Gasteiger partial charge in [-0.1, -0.05) is 26.0 Å². The fraction of sp³-hybridized carbons (Fsp3) is 0.300. The Hall–Kier alpha value is -2.73. The molecule has 0 unspecified atom stereocenters. The molecular weight excluding hydrogens is 335 g/mol. The summed E-state index contributed by atoms with van der Waals surface area (Å²) in [5, 5.41) is 4.74. The number of halogens is 1. The highest BCUT2D eigenvalue weighted by molar-refractivity contribution is 5.93. The third-order valence-corrected chi connectivity index (χ3v) is 4.12. The molecule has 0 aliphatic heterocycles. The fourth-order valence-corrected chi connectivity index (χ4v) is 2.73. The van der Waals surface area contributed by atoms with Crippen LogP contribution in [0.1, 0.15) is 35.8 Å². The van der Waals surface area contributed by atoms with E-state index in [0.717, 1.165) is 5.56 Å². The Bertz CT molecular complexity index is 743. The third-order valence-electron chi connectivity index (χ3n) is 4.12. The number of carbonyl (C=O) groups excluding carboxylic acids is 2. The maximum Gasteiger partial charge on any atom is 0.337 e. The first-order chi connectivity index (χ1) is 12.4. The summed E-state index contributed by atoms with van der Waals surface area (Å²) in [6, 6.07) is 12.9. The van der Waals surface area contributed by atoms with E-state index < -0.39 is 5.97 Å². The molecular formula is C20H24FN2O3+. The molecule has 0 heterocycles. The van der Waals surface area contributed by atoms with Crippen molar-refractivity contribution < 1.29 is 24.0 Å². The van der Waals surface area contributed by atoms with Gasteiger partial charge in [-0.25, -0.2) is 9.18 Å². The zero-order valence-corrected chi connectivity index (χ0v) is 15.2. The first kappa shape index (κ1) is 19.6. The highest BCUT2D eigenvalue weighted by Crippen LogP contribution is 2.17. The normalized spacial score (nSPS) is 11.9. The lowest BCUT2D eigenvalue weighted by molar-refractivity contribution is -0.692. The quantitative estimate of drug-likeness (QED) is 0.746. The Morgan fingerprint density at radius 1 is 1.08 bits per heavy atom. The van der Waals surface area contributed by atoms with Crippen molar-refractivity contribution in [3.05, 3.63) is 65.5 Å². The van der Waals surface area contributed by atoms with Crippen molar-refractivity contribution in [2.45, 2.75) is 19.9 Å². The van der Waals surface area contributed by atoms with Crippen LogP contribution in [0.15, 0.2) is 48.5 Å². The SMILES string of the molecule is COC(=O)c1ccc(NC(=O)C[NH2+][C@@H](c2ccc(F)cc2)C(C)C)cc1. The number of carbonyl (C=O) groups is 2. The lowest BCUT2D eigenvalue weighted by atomic mass is 9.96. The minimum absolute atomic E-state index is 0.0584. The van der Waals surface area contributed by atoms with Gasteiger partial charge in [0.05, 0.1) is 12.7 Å². The predicted octanol–water partition coefficient (Wildman–Crippen LogP) is 2.51. The van der Waals surface area contributed by atoms with Gasteiger partial charge in [0.2, 0.25) is 0 Å². The largest absolute Gasteiger partial charge is 0.465 e. The molecule has 2 aromatic rings. The number of rotatable bonds is 7. The fourth-order valence-electron chi connectivity index (χ4n) is 2.73. The van der Waals surface area contributed by atoms with Crippen molar-refractivity contribution in [3.63, 3.8) is 0 Å². The summed E-state index contributed by atoms with van der Waals surface area (Å²) < 4.78 is 17.7. The van der Waals surface area contributed by atoms with E-state index in [1.165, 1.54) is 19.2 Å². The molecule has 26 heavy (non-hydrogen) atoms. The van der Waals surface area contributed by atoms with Crippen LogP contribution < -0.4 is 10.6 Å². The van der Waals surface area contributed by atoms with Gasteiger partial charge in [-0.2, -0.15) is 0 Å². The van der Waals surface area contributed by atoms with Crippen LogP contribution >= 0.6 is 0 Å². The van der Waals surface area contributed by atoms with Gasteiger partial charge >= 0.3 is 5.97 Å². The van der Waals surface area contributed by atoms with Gasteiger partial charge in [0.15, 0.2) is 6.54 Å². The van der Waals surface area contributed by atoms with Crippen LogP contribution in [0.2, 0.25) is 0 Å². The summed E-state index contributed by atoms with van der Waals surface area (Å²) in [4.78, 5) is 23.6. The predicted molar refractivity (Wildman–Crippen MR) is 97.2 cm³/mol. The molecule has 0 aliphatic carbocycles. The minimum Gasteiger partial charge on any atom is -0.465 e. The van der Waals surface area contributed by atoms with Gasteiger partial charge in [0.1, 0.15) is 11.9 Å². The standard InChI is InChI=1S/C20H23FN2O3/c1-13(2)19(14-4-8-16(21)9-5-14)22-12-18(24)23-17-10-6-15(7-11-17)20(25)26-3/h4-11,13,19,22H,12H2,1-3H3,(H,23,24)/p+1/t19-/m1/s1. The molecule has 0 aliphatic rings. The molecule has 1 atom stereocenters. The molecule has 0 saturated carbocycles. The molecule has 2 rings (SSSR count). The van der Waals surface area contributed by atoms with Crippen molar-refractivity contribution in [1.29, 1.82) is 0 Å². The summed E-state index contributed by atoms with van der Waals surface area (Å²) >= 11 is 0. The average Bonchev–Trinajstić information content (AvgIpc) is 2.63. The lowest BCUT2D eigenvalue weighted by Gasteiger charge is -2.19. The third kappa shape index (κ3) is 5.39. The molecule has 1 amide bonds. The Kier molecular flexibility index (Phi) is 6.86. The second-order valence-electron chi connectivity index (χ2n) is 6.38. The Morgan fingerprint density at radius 3 is 2.23 bits per heavy atom. The van der Waals surface area contributed by atoms with E-state index in [9.17, 15) is 14.0 Å². The van der Waals surface area contributed by atoms with Crippen LogP contribution in [0.5, 0.6) is 0 Å². The maximum atomic E-state index is 13.1. The zero-order chi connectivity index (χ0) is 19.1. The Morgan fingerprint density at radius 2 is 1.69 bits per heavy atom. The number of benzene rings is 2. The average molecular weight is 359 g/mol. The highest BCUT2D eigenvalue weighted by atomic mass is 19.1. The van der Waals surface area contributed by atoms with E-state index in [4.69, 9.17) is 0 Å². The molecule has 0 fully saturated rings. The summed E-state index contributed by atoms with van der Waals surface area (Å²) in [7, 11) is 1.32. The second kappa shape index (κ2) is 9.10. The van der Waals surface area contributed by atoms with Gasteiger partial charge in [-0.15, -0.1) is 0 Å². The molecule has 0 saturated heterocycles. The van der Waals surface area contributed by atoms with Crippen LogP contribution in [-0.2, 0) is 9.53 Å². The van der Waals surface area contributed by atoms with Gasteiger partial charge in [-0.3, -0.25) is 4.79 Å². The molecule has 5 nitrogen and oxygen atoms in total. The number of ether oxygens (including phenoxy) is 1. The molecule has 2 aromatic carbocycles.